The van der Waals surface area contributed by atoms with Gasteiger partial charge >= 0.3 is 5.97 Å². The largest absolute Gasteiger partial charge is 0.460 e. The number of aryl methyl sites for hydroxylation is 2. The van der Waals surface area contributed by atoms with Crippen LogP contribution in [-0.2, 0) is 18.2 Å². The predicted molar refractivity (Wildman–Crippen MR) is 60.2 cm³/mol. The smallest absolute Gasteiger partial charge is 0.378 e. The van der Waals surface area contributed by atoms with Gasteiger partial charge in [-0.05, 0) is 13.3 Å². The Bertz CT molecular complexity index is 347. The summed E-state index contributed by atoms with van der Waals surface area (Å²) in [5.74, 6) is 0.562. The van der Waals surface area contributed by atoms with Gasteiger partial charge in [-0.15, -0.1) is 5.10 Å². The Hall–Kier alpha value is -1.39. The van der Waals surface area contributed by atoms with Gasteiger partial charge in [-0.3, -0.25) is 4.68 Å². The van der Waals surface area contributed by atoms with E-state index in [0.717, 1.165) is 18.7 Å². The number of hydrogen-bond donors (Lipinski definition) is 0. The van der Waals surface area contributed by atoms with E-state index in [2.05, 4.69) is 17.0 Å². The summed E-state index contributed by atoms with van der Waals surface area (Å²) in [7, 11) is 1.80. The van der Waals surface area contributed by atoms with Gasteiger partial charge in [-0.1, -0.05) is 19.8 Å². The van der Waals surface area contributed by atoms with E-state index in [1.54, 1.807) is 18.7 Å². The first-order valence-corrected chi connectivity index (χ1v) is 5.76. The number of carbonyl (C=O) groups is 1. The maximum Gasteiger partial charge on any atom is 0.378 e. The zero-order valence-corrected chi connectivity index (χ0v) is 10.2. The SMILES string of the molecule is CCCCCc1nc(C(=O)OCC)nn1C. The van der Waals surface area contributed by atoms with Crippen molar-refractivity contribution in [3.05, 3.63) is 11.6 Å². The Balaban J connectivity index is 2.62. The molecule has 0 spiro atoms. The summed E-state index contributed by atoms with van der Waals surface area (Å²) in [6, 6.07) is 0. The number of esters is 1. The second kappa shape index (κ2) is 6.25. The lowest BCUT2D eigenvalue weighted by molar-refractivity contribution is 0.0512. The molecule has 0 saturated carbocycles. The summed E-state index contributed by atoms with van der Waals surface area (Å²) in [6.07, 6.45) is 4.27. The predicted octanol–water partition coefficient (Wildman–Crippen LogP) is 1.72. The summed E-state index contributed by atoms with van der Waals surface area (Å²) in [6.45, 7) is 4.27. The molecule has 5 heteroatoms. The van der Waals surface area contributed by atoms with Gasteiger partial charge in [0.15, 0.2) is 0 Å². The van der Waals surface area contributed by atoms with Crippen molar-refractivity contribution in [2.45, 2.75) is 39.5 Å². The molecular weight excluding hydrogens is 206 g/mol. The minimum Gasteiger partial charge on any atom is -0.460 e. The second-order valence-electron chi connectivity index (χ2n) is 3.65. The van der Waals surface area contributed by atoms with Gasteiger partial charge in [0, 0.05) is 13.5 Å². The molecule has 90 valence electrons. The lowest BCUT2D eigenvalue weighted by Gasteiger charge is -1.97. The first-order valence-electron chi connectivity index (χ1n) is 5.76. The van der Waals surface area contributed by atoms with Gasteiger partial charge in [-0.25, -0.2) is 9.78 Å². The highest BCUT2D eigenvalue weighted by Crippen LogP contribution is 2.05. The van der Waals surface area contributed by atoms with E-state index in [9.17, 15) is 4.79 Å². The lowest BCUT2D eigenvalue weighted by Crippen LogP contribution is -2.07. The molecule has 1 aromatic heterocycles. The number of carbonyl (C=O) groups excluding carboxylic acids is 1. The topological polar surface area (TPSA) is 57.0 Å². The molecule has 1 heterocycles. The minimum atomic E-state index is -0.445. The van der Waals surface area contributed by atoms with Gasteiger partial charge in [-0.2, -0.15) is 0 Å². The first-order chi connectivity index (χ1) is 7.69. The average molecular weight is 225 g/mol. The van der Waals surface area contributed by atoms with E-state index in [-0.39, 0.29) is 5.82 Å². The van der Waals surface area contributed by atoms with Crippen molar-refractivity contribution < 1.29 is 9.53 Å². The molecule has 0 saturated heterocycles. The Labute approximate surface area is 95.8 Å². The Morgan fingerprint density at radius 2 is 2.12 bits per heavy atom. The van der Waals surface area contributed by atoms with Gasteiger partial charge in [0.25, 0.3) is 5.82 Å². The molecule has 0 amide bonds. The molecule has 0 atom stereocenters. The van der Waals surface area contributed by atoms with E-state index >= 15 is 0 Å². The zero-order valence-electron chi connectivity index (χ0n) is 10.2. The highest BCUT2D eigenvalue weighted by atomic mass is 16.5. The number of hydrogen-bond acceptors (Lipinski definition) is 4. The fraction of sp³-hybridized carbons (Fsp3) is 0.727. The van der Waals surface area contributed by atoms with Crippen molar-refractivity contribution in [1.29, 1.82) is 0 Å². The number of aromatic nitrogens is 3. The fourth-order valence-corrected chi connectivity index (χ4v) is 1.45. The van der Waals surface area contributed by atoms with E-state index in [1.165, 1.54) is 12.8 Å². The third kappa shape index (κ3) is 3.32. The fourth-order valence-electron chi connectivity index (χ4n) is 1.45. The van der Waals surface area contributed by atoms with Crippen LogP contribution in [0.2, 0.25) is 0 Å². The van der Waals surface area contributed by atoms with Crippen LogP contribution >= 0.6 is 0 Å². The Morgan fingerprint density at radius 3 is 2.75 bits per heavy atom. The number of nitrogens with zero attached hydrogens (tertiary/aromatic N) is 3. The van der Waals surface area contributed by atoms with E-state index in [4.69, 9.17) is 4.74 Å². The standard InChI is InChI=1S/C11H19N3O2/c1-4-6-7-8-9-12-10(13-14(9)3)11(15)16-5-2/h4-8H2,1-3H3. The van der Waals surface area contributed by atoms with Crippen molar-refractivity contribution in [2.75, 3.05) is 6.61 Å². The quantitative estimate of drug-likeness (QED) is 0.546. The molecule has 0 aliphatic heterocycles. The lowest BCUT2D eigenvalue weighted by atomic mass is 10.2. The summed E-state index contributed by atoms with van der Waals surface area (Å²) < 4.78 is 6.50. The van der Waals surface area contributed by atoms with Crippen LogP contribution in [-0.4, -0.2) is 27.3 Å². The monoisotopic (exact) mass is 225 g/mol. The van der Waals surface area contributed by atoms with Crippen LogP contribution in [0.5, 0.6) is 0 Å². The zero-order chi connectivity index (χ0) is 12.0. The third-order valence-electron chi connectivity index (χ3n) is 2.32. The van der Waals surface area contributed by atoms with E-state index < -0.39 is 5.97 Å². The molecule has 0 N–H and O–H groups in total. The molecule has 1 rings (SSSR count). The summed E-state index contributed by atoms with van der Waals surface area (Å²) in [5.41, 5.74) is 0. The van der Waals surface area contributed by atoms with E-state index in [1.807, 2.05) is 0 Å². The molecule has 0 aliphatic rings. The van der Waals surface area contributed by atoms with Crippen LogP contribution in [0.15, 0.2) is 0 Å². The second-order valence-corrected chi connectivity index (χ2v) is 3.65. The third-order valence-corrected chi connectivity index (χ3v) is 2.32. The highest BCUT2D eigenvalue weighted by molar-refractivity contribution is 5.84. The average Bonchev–Trinajstić information content (AvgIpc) is 2.61. The molecule has 0 aromatic carbocycles. The Kier molecular flexibility index (Phi) is 4.95. The van der Waals surface area contributed by atoms with Gasteiger partial charge in [0.1, 0.15) is 5.82 Å². The molecule has 0 aliphatic carbocycles. The number of rotatable bonds is 6. The molecule has 0 fully saturated rings. The number of ether oxygens (including phenoxy) is 1. The van der Waals surface area contributed by atoms with Crippen LogP contribution in [0.3, 0.4) is 0 Å². The maximum absolute atomic E-state index is 11.4. The molecule has 0 radical (unpaired) electrons. The van der Waals surface area contributed by atoms with Crippen LogP contribution < -0.4 is 0 Å². The van der Waals surface area contributed by atoms with Crippen LogP contribution in [0.25, 0.3) is 0 Å². The van der Waals surface area contributed by atoms with Crippen LogP contribution in [0, 0.1) is 0 Å². The molecule has 5 nitrogen and oxygen atoms in total. The van der Waals surface area contributed by atoms with Gasteiger partial charge < -0.3 is 4.74 Å². The van der Waals surface area contributed by atoms with Crippen molar-refractivity contribution in [1.82, 2.24) is 14.8 Å². The van der Waals surface area contributed by atoms with Gasteiger partial charge in [0.2, 0.25) is 0 Å². The number of unbranched alkanes of at least 4 members (excludes halogenated alkanes) is 2. The van der Waals surface area contributed by atoms with Crippen molar-refractivity contribution in [3.63, 3.8) is 0 Å². The van der Waals surface area contributed by atoms with Crippen LogP contribution in [0.1, 0.15) is 49.6 Å². The van der Waals surface area contributed by atoms with E-state index in [0.29, 0.717) is 6.61 Å². The molecule has 1 aromatic rings. The normalized spacial score (nSPS) is 10.4. The van der Waals surface area contributed by atoms with Crippen molar-refractivity contribution in [2.24, 2.45) is 7.05 Å². The summed E-state index contributed by atoms with van der Waals surface area (Å²) >= 11 is 0. The van der Waals surface area contributed by atoms with Crippen LogP contribution in [0.4, 0.5) is 0 Å². The highest BCUT2D eigenvalue weighted by Gasteiger charge is 2.15. The first kappa shape index (κ1) is 12.7. The summed E-state index contributed by atoms with van der Waals surface area (Å²) in [4.78, 5) is 15.6. The Morgan fingerprint density at radius 1 is 1.38 bits per heavy atom. The molecular formula is C11H19N3O2. The van der Waals surface area contributed by atoms with Gasteiger partial charge in [0.05, 0.1) is 6.61 Å². The summed E-state index contributed by atoms with van der Waals surface area (Å²) in [5, 5.41) is 4.04. The van der Waals surface area contributed by atoms with Crippen molar-refractivity contribution >= 4 is 5.97 Å². The van der Waals surface area contributed by atoms with Crippen molar-refractivity contribution in [3.8, 4) is 0 Å². The molecule has 0 bridgehead atoms. The molecule has 0 unspecified atom stereocenters. The minimum absolute atomic E-state index is 0.163. The maximum atomic E-state index is 11.4. The molecule has 16 heavy (non-hydrogen) atoms.